The summed E-state index contributed by atoms with van der Waals surface area (Å²) >= 11 is 0. The maximum Gasteiger partial charge on any atom is 0.407 e. The number of carbonyl (C=O) groups excluding carboxylic acids is 1. The van der Waals surface area contributed by atoms with Gasteiger partial charge >= 0.3 is 6.09 Å². The van der Waals surface area contributed by atoms with Crippen LogP contribution in [0.2, 0.25) is 0 Å². The van der Waals surface area contributed by atoms with E-state index in [1.165, 1.54) is 0 Å². The SMILES string of the molecule is Cn1c(N)ccc1CNC(=O)OC(C)(C)C. The molecule has 0 unspecified atom stereocenters. The molecule has 1 aromatic rings. The summed E-state index contributed by atoms with van der Waals surface area (Å²) in [5.74, 6) is 0.668. The number of nitrogen functional groups attached to an aromatic ring is 1. The lowest BCUT2D eigenvalue weighted by Gasteiger charge is -2.19. The second-order valence-electron chi connectivity index (χ2n) is 4.66. The van der Waals surface area contributed by atoms with Crippen LogP contribution in [0.5, 0.6) is 0 Å². The average molecular weight is 225 g/mol. The predicted octanol–water partition coefficient (Wildman–Crippen LogP) is 1.63. The van der Waals surface area contributed by atoms with Crippen molar-refractivity contribution in [1.82, 2.24) is 9.88 Å². The molecule has 0 aliphatic rings. The van der Waals surface area contributed by atoms with Crippen molar-refractivity contribution >= 4 is 11.9 Å². The first-order chi connectivity index (χ1) is 7.29. The van der Waals surface area contributed by atoms with Gasteiger partial charge in [-0.2, -0.15) is 0 Å². The summed E-state index contributed by atoms with van der Waals surface area (Å²) in [5, 5.41) is 2.67. The van der Waals surface area contributed by atoms with E-state index in [2.05, 4.69) is 5.32 Å². The fourth-order valence-corrected chi connectivity index (χ4v) is 1.23. The zero-order valence-corrected chi connectivity index (χ0v) is 10.2. The Bertz CT molecular complexity index is 377. The van der Waals surface area contributed by atoms with Gasteiger partial charge in [-0.15, -0.1) is 0 Å². The van der Waals surface area contributed by atoms with Crippen LogP contribution in [-0.2, 0) is 18.3 Å². The van der Waals surface area contributed by atoms with E-state index in [9.17, 15) is 4.79 Å². The molecule has 0 aromatic carbocycles. The molecule has 5 heteroatoms. The molecule has 0 aliphatic heterocycles. The summed E-state index contributed by atoms with van der Waals surface area (Å²) in [7, 11) is 1.85. The number of nitrogens with one attached hydrogen (secondary N) is 1. The van der Waals surface area contributed by atoms with Crippen molar-refractivity contribution in [1.29, 1.82) is 0 Å². The van der Waals surface area contributed by atoms with E-state index in [-0.39, 0.29) is 0 Å². The van der Waals surface area contributed by atoms with Crippen molar-refractivity contribution in [3.8, 4) is 0 Å². The van der Waals surface area contributed by atoms with Crippen molar-refractivity contribution < 1.29 is 9.53 Å². The minimum absolute atomic E-state index is 0.405. The Morgan fingerprint density at radius 3 is 2.56 bits per heavy atom. The Morgan fingerprint density at radius 2 is 2.12 bits per heavy atom. The number of aromatic nitrogens is 1. The Labute approximate surface area is 95.6 Å². The molecule has 0 radical (unpaired) electrons. The highest BCUT2D eigenvalue weighted by atomic mass is 16.6. The van der Waals surface area contributed by atoms with Gasteiger partial charge in [0.05, 0.1) is 6.54 Å². The second kappa shape index (κ2) is 4.47. The van der Waals surface area contributed by atoms with Crippen molar-refractivity contribution in [2.75, 3.05) is 5.73 Å². The molecule has 0 saturated heterocycles. The van der Waals surface area contributed by atoms with Crippen LogP contribution in [0.25, 0.3) is 0 Å². The topological polar surface area (TPSA) is 69.3 Å². The van der Waals surface area contributed by atoms with Crippen LogP contribution in [0.15, 0.2) is 12.1 Å². The fourth-order valence-electron chi connectivity index (χ4n) is 1.23. The van der Waals surface area contributed by atoms with Crippen LogP contribution in [-0.4, -0.2) is 16.3 Å². The maximum atomic E-state index is 11.4. The molecule has 16 heavy (non-hydrogen) atoms. The Kier molecular flexibility index (Phi) is 3.47. The number of nitrogens with two attached hydrogens (primary N) is 1. The lowest BCUT2D eigenvalue weighted by atomic mass is 10.2. The molecule has 0 spiro atoms. The van der Waals surface area contributed by atoms with E-state index in [4.69, 9.17) is 10.5 Å². The summed E-state index contributed by atoms with van der Waals surface area (Å²) in [6, 6.07) is 3.67. The zero-order valence-electron chi connectivity index (χ0n) is 10.2. The molecule has 1 aromatic heterocycles. The minimum Gasteiger partial charge on any atom is -0.444 e. The van der Waals surface area contributed by atoms with Gasteiger partial charge < -0.3 is 20.4 Å². The van der Waals surface area contributed by atoms with Crippen LogP contribution in [0.4, 0.5) is 10.6 Å². The number of hydrogen-bond donors (Lipinski definition) is 2. The molecule has 5 nitrogen and oxygen atoms in total. The molecule has 0 atom stereocenters. The highest BCUT2D eigenvalue weighted by Crippen LogP contribution is 2.09. The van der Waals surface area contributed by atoms with Gasteiger partial charge in [0.25, 0.3) is 0 Å². The van der Waals surface area contributed by atoms with Crippen molar-refractivity contribution in [2.24, 2.45) is 7.05 Å². The van der Waals surface area contributed by atoms with E-state index in [1.807, 2.05) is 38.5 Å². The Balaban J connectivity index is 2.47. The van der Waals surface area contributed by atoms with Gasteiger partial charge in [-0.25, -0.2) is 4.79 Å². The van der Waals surface area contributed by atoms with Crippen LogP contribution in [0, 0.1) is 0 Å². The smallest absolute Gasteiger partial charge is 0.407 e. The summed E-state index contributed by atoms with van der Waals surface area (Å²) in [4.78, 5) is 11.4. The van der Waals surface area contributed by atoms with E-state index >= 15 is 0 Å². The van der Waals surface area contributed by atoms with Crippen LogP contribution < -0.4 is 11.1 Å². The molecule has 0 bridgehead atoms. The lowest BCUT2D eigenvalue weighted by Crippen LogP contribution is -2.32. The van der Waals surface area contributed by atoms with Gasteiger partial charge in [0.15, 0.2) is 0 Å². The third-order valence-electron chi connectivity index (χ3n) is 2.08. The molecule has 1 amide bonds. The minimum atomic E-state index is -0.475. The molecule has 0 aliphatic carbocycles. The molecule has 1 heterocycles. The first-order valence-electron chi connectivity index (χ1n) is 5.16. The summed E-state index contributed by atoms with van der Waals surface area (Å²) in [6.45, 7) is 5.88. The summed E-state index contributed by atoms with van der Waals surface area (Å²) in [6.07, 6.45) is -0.424. The van der Waals surface area contributed by atoms with E-state index in [0.29, 0.717) is 12.4 Å². The molecular weight excluding hydrogens is 206 g/mol. The van der Waals surface area contributed by atoms with Gasteiger partial charge in [-0.05, 0) is 32.9 Å². The van der Waals surface area contributed by atoms with Crippen LogP contribution in [0.1, 0.15) is 26.5 Å². The van der Waals surface area contributed by atoms with E-state index in [0.717, 1.165) is 5.69 Å². The summed E-state index contributed by atoms with van der Waals surface area (Å²) < 4.78 is 6.93. The van der Waals surface area contributed by atoms with Gasteiger partial charge in [0.2, 0.25) is 0 Å². The van der Waals surface area contributed by atoms with Crippen molar-refractivity contribution in [3.05, 3.63) is 17.8 Å². The van der Waals surface area contributed by atoms with Gasteiger partial charge in [0, 0.05) is 12.7 Å². The molecule has 0 fully saturated rings. The van der Waals surface area contributed by atoms with Crippen LogP contribution >= 0.6 is 0 Å². The van der Waals surface area contributed by atoms with Crippen molar-refractivity contribution in [3.63, 3.8) is 0 Å². The number of anilines is 1. The third kappa shape index (κ3) is 3.49. The highest BCUT2D eigenvalue weighted by Gasteiger charge is 2.15. The molecular formula is C11H19N3O2. The number of alkyl carbamates (subject to hydrolysis) is 1. The number of amides is 1. The number of hydrogen-bond acceptors (Lipinski definition) is 3. The number of nitrogens with zero attached hydrogens (tertiary/aromatic N) is 1. The van der Waals surface area contributed by atoms with Gasteiger partial charge in [-0.3, -0.25) is 0 Å². The number of rotatable bonds is 2. The van der Waals surface area contributed by atoms with Crippen LogP contribution in [0.3, 0.4) is 0 Å². The summed E-state index contributed by atoms with van der Waals surface area (Å²) in [5.41, 5.74) is 6.13. The number of ether oxygens (including phenoxy) is 1. The molecule has 3 N–H and O–H groups in total. The quantitative estimate of drug-likeness (QED) is 0.803. The third-order valence-corrected chi connectivity index (χ3v) is 2.08. The maximum absolute atomic E-state index is 11.4. The first kappa shape index (κ1) is 12.4. The molecule has 90 valence electrons. The normalized spacial score (nSPS) is 11.2. The Hall–Kier alpha value is -1.65. The van der Waals surface area contributed by atoms with E-state index in [1.54, 1.807) is 6.07 Å². The van der Waals surface area contributed by atoms with E-state index < -0.39 is 11.7 Å². The van der Waals surface area contributed by atoms with Gasteiger partial charge in [-0.1, -0.05) is 0 Å². The second-order valence-corrected chi connectivity index (χ2v) is 4.66. The largest absolute Gasteiger partial charge is 0.444 e. The monoisotopic (exact) mass is 225 g/mol. The average Bonchev–Trinajstić information content (AvgIpc) is 2.42. The van der Waals surface area contributed by atoms with Gasteiger partial charge in [0.1, 0.15) is 11.4 Å². The predicted molar refractivity (Wildman–Crippen MR) is 62.9 cm³/mol. The fraction of sp³-hybridized carbons (Fsp3) is 0.545. The molecule has 0 saturated carbocycles. The van der Waals surface area contributed by atoms with Crippen molar-refractivity contribution in [2.45, 2.75) is 32.9 Å². The lowest BCUT2D eigenvalue weighted by molar-refractivity contribution is 0.0522. The standard InChI is InChI=1S/C11H19N3O2/c1-11(2,3)16-10(15)13-7-8-5-6-9(12)14(8)4/h5-6H,7,12H2,1-4H3,(H,13,15). The Morgan fingerprint density at radius 1 is 1.50 bits per heavy atom. The highest BCUT2D eigenvalue weighted by molar-refractivity contribution is 5.67. The zero-order chi connectivity index (χ0) is 12.3. The molecule has 1 rings (SSSR count). The number of carbonyl (C=O) groups is 1. The first-order valence-corrected chi connectivity index (χ1v) is 5.16.